The molecule has 1 aliphatic heterocycles. The predicted octanol–water partition coefficient (Wildman–Crippen LogP) is 3.44. The molecule has 0 aromatic carbocycles. The van der Waals surface area contributed by atoms with Crippen molar-refractivity contribution in [3.63, 3.8) is 0 Å². The van der Waals surface area contributed by atoms with Crippen molar-refractivity contribution in [2.75, 3.05) is 19.6 Å². The van der Waals surface area contributed by atoms with E-state index in [2.05, 4.69) is 18.7 Å². The van der Waals surface area contributed by atoms with E-state index in [1.165, 1.54) is 45.1 Å². The summed E-state index contributed by atoms with van der Waals surface area (Å²) in [6.45, 7) is 7.98. The zero-order chi connectivity index (χ0) is 13.0. The second-order valence-corrected chi connectivity index (χ2v) is 6.57. The van der Waals surface area contributed by atoms with E-state index in [-0.39, 0.29) is 5.60 Å². The molecule has 0 radical (unpaired) electrons. The number of aliphatic hydroxyl groups is 1. The molecule has 1 heterocycles. The zero-order valence-electron chi connectivity index (χ0n) is 12.3. The van der Waals surface area contributed by atoms with Crippen LogP contribution in [-0.4, -0.2) is 35.2 Å². The summed E-state index contributed by atoms with van der Waals surface area (Å²) in [6, 6.07) is 0. The topological polar surface area (TPSA) is 23.5 Å². The Labute approximate surface area is 113 Å². The van der Waals surface area contributed by atoms with E-state index in [9.17, 15) is 5.11 Å². The molecule has 0 aromatic rings. The van der Waals surface area contributed by atoms with Crippen LogP contribution in [0.1, 0.15) is 65.2 Å². The Morgan fingerprint density at radius 2 is 1.67 bits per heavy atom. The molecule has 1 saturated heterocycles. The Hall–Kier alpha value is -0.0800. The Balaban J connectivity index is 1.82. The van der Waals surface area contributed by atoms with Crippen LogP contribution in [0.15, 0.2) is 0 Å². The van der Waals surface area contributed by atoms with Gasteiger partial charge in [-0.15, -0.1) is 0 Å². The van der Waals surface area contributed by atoms with Gasteiger partial charge in [0, 0.05) is 13.1 Å². The minimum Gasteiger partial charge on any atom is -0.390 e. The van der Waals surface area contributed by atoms with Crippen molar-refractivity contribution in [2.45, 2.75) is 70.8 Å². The van der Waals surface area contributed by atoms with Crippen molar-refractivity contribution < 1.29 is 5.11 Å². The molecule has 0 unspecified atom stereocenters. The summed E-state index contributed by atoms with van der Waals surface area (Å²) in [7, 11) is 0. The lowest BCUT2D eigenvalue weighted by molar-refractivity contribution is -0.0808. The summed E-state index contributed by atoms with van der Waals surface area (Å²) in [6.07, 6.45) is 9.81. The van der Waals surface area contributed by atoms with Crippen LogP contribution in [0.2, 0.25) is 0 Å². The molecule has 18 heavy (non-hydrogen) atoms. The molecular weight excluding hydrogens is 222 g/mol. The number of likely N-dealkylation sites (tertiary alicyclic amines) is 1. The molecule has 2 rings (SSSR count). The van der Waals surface area contributed by atoms with Crippen LogP contribution in [0.4, 0.5) is 0 Å². The van der Waals surface area contributed by atoms with Gasteiger partial charge < -0.3 is 10.0 Å². The van der Waals surface area contributed by atoms with Gasteiger partial charge in [-0.2, -0.15) is 0 Å². The van der Waals surface area contributed by atoms with Crippen LogP contribution < -0.4 is 0 Å². The van der Waals surface area contributed by atoms with Gasteiger partial charge in [0.2, 0.25) is 0 Å². The average Bonchev–Trinajstić information content (AvgIpc) is 2.42. The van der Waals surface area contributed by atoms with Crippen molar-refractivity contribution in [1.82, 2.24) is 4.90 Å². The van der Waals surface area contributed by atoms with Gasteiger partial charge in [0.1, 0.15) is 0 Å². The van der Waals surface area contributed by atoms with E-state index in [1.807, 2.05) is 0 Å². The highest BCUT2D eigenvalue weighted by atomic mass is 16.3. The molecule has 0 aromatic heterocycles. The van der Waals surface area contributed by atoms with Crippen LogP contribution in [0.25, 0.3) is 0 Å². The molecule has 0 amide bonds. The quantitative estimate of drug-likeness (QED) is 0.829. The highest BCUT2D eigenvalue weighted by Crippen LogP contribution is 2.41. The summed E-state index contributed by atoms with van der Waals surface area (Å²) in [4.78, 5) is 2.52. The number of hydrogen-bond donors (Lipinski definition) is 1. The van der Waals surface area contributed by atoms with E-state index >= 15 is 0 Å². The van der Waals surface area contributed by atoms with Gasteiger partial charge in [-0.1, -0.05) is 33.1 Å². The Kier molecular flexibility index (Phi) is 5.08. The van der Waals surface area contributed by atoms with Crippen LogP contribution >= 0.6 is 0 Å². The second-order valence-electron chi connectivity index (χ2n) is 6.57. The van der Waals surface area contributed by atoms with Gasteiger partial charge in [0.05, 0.1) is 5.60 Å². The minimum absolute atomic E-state index is 0.330. The van der Waals surface area contributed by atoms with E-state index in [1.54, 1.807) is 0 Å². The summed E-state index contributed by atoms with van der Waals surface area (Å²) < 4.78 is 0. The highest BCUT2D eigenvalue weighted by Gasteiger charge is 2.40. The molecule has 1 aliphatic carbocycles. The van der Waals surface area contributed by atoms with Crippen molar-refractivity contribution >= 4 is 0 Å². The van der Waals surface area contributed by atoms with Crippen LogP contribution in [0.3, 0.4) is 0 Å². The van der Waals surface area contributed by atoms with Gasteiger partial charge in [0.25, 0.3) is 0 Å². The van der Waals surface area contributed by atoms with E-state index in [0.717, 1.165) is 31.8 Å². The normalized spacial score (nSPS) is 33.5. The number of nitrogens with zero attached hydrogens (tertiary/aromatic N) is 1. The molecule has 0 atom stereocenters. The fourth-order valence-corrected chi connectivity index (χ4v) is 4.00. The SMILES string of the molecule is CCCN1CCC(O)(C2CCC(CC)CC2)CC1. The lowest BCUT2D eigenvalue weighted by atomic mass is 9.69. The van der Waals surface area contributed by atoms with Crippen LogP contribution in [0.5, 0.6) is 0 Å². The third-order valence-corrected chi connectivity index (χ3v) is 5.45. The third kappa shape index (κ3) is 3.27. The van der Waals surface area contributed by atoms with Gasteiger partial charge in [-0.05, 0) is 50.5 Å². The lowest BCUT2D eigenvalue weighted by Crippen LogP contribution is -2.49. The van der Waals surface area contributed by atoms with E-state index < -0.39 is 0 Å². The molecular formula is C16H31NO. The standard InChI is InChI=1S/C16H31NO/c1-3-11-17-12-9-16(18,10-13-17)15-7-5-14(4-2)6-8-15/h14-15,18H,3-13H2,1-2H3. The first kappa shape index (κ1) is 14.3. The monoisotopic (exact) mass is 253 g/mol. The molecule has 2 heteroatoms. The maximum atomic E-state index is 10.9. The summed E-state index contributed by atoms with van der Waals surface area (Å²) in [5.74, 6) is 1.52. The molecule has 1 saturated carbocycles. The lowest BCUT2D eigenvalue weighted by Gasteiger charge is -2.45. The first-order valence-corrected chi connectivity index (χ1v) is 8.12. The van der Waals surface area contributed by atoms with Crippen molar-refractivity contribution in [3.05, 3.63) is 0 Å². The second kappa shape index (κ2) is 6.38. The third-order valence-electron chi connectivity index (χ3n) is 5.45. The van der Waals surface area contributed by atoms with E-state index in [0.29, 0.717) is 5.92 Å². The van der Waals surface area contributed by atoms with Crippen LogP contribution in [0, 0.1) is 11.8 Å². The van der Waals surface area contributed by atoms with Crippen molar-refractivity contribution in [2.24, 2.45) is 11.8 Å². The maximum Gasteiger partial charge on any atom is 0.0700 e. The fourth-order valence-electron chi connectivity index (χ4n) is 4.00. The Morgan fingerprint density at radius 1 is 1.06 bits per heavy atom. The number of hydrogen-bond acceptors (Lipinski definition) is 2. The molecule has 106 valence electrons. The molecule has 0 spiro atoms. The largest absolute Gasteiger partial charge is 0.390 e. The van der Waals surface area contributed by atoms with Crippen molar-refractivity contribution in [1.29, 1.82) is 0 Å². The van der Waals surface area contributed by atoms with Gasteiger partial charge in [0.15, 0.2) is 0 Å². The highest BCUT2D eigenvalue weighted by molar-refractivity contribution is 4.93. The summed E-state index contributed by atoms with van der Waals surface area (Å²) in [5, 5.41) is 10.9. The molecule has 2 fully saturated rings. The number of rotatable bonds is 4. The predicted molar refractivity (Wildman–Crippen MR) is 76.7 cm³/mol. The van der Waals surface area contributed by atoms with Gasteiger partial charge >= 0.3 is 0 Å². The molecule has 2 nitrogen and oxygen atoms in total. The van der Waals surface area contributed by atoms with E-state index in [4.69, 9.17) is 0 Å². The first-order valence-electron chi connectivity index (χ1n) is 8.12. The number of piperidine rings is 1. The Bertz CT molecular complexity index is 237. The molecule has 1 N–H and O–H groups in total. The maximum absolute atomic E-state index is 10.9. The zero-order valence-corrected chi connectivity index (χ0v) is 12.3. The van der Waals surface area contributed by atoms with Crippen LogP contribution in [-0.2, 0) is 0 Å². The summed E-state index contributed by atoms with van der Waals surface area (Å²) >= 11 is 0. The molecule has 0 bridgehead atoms. The Morgan fingerprint density at radius 3 is 2.17 bits per heavy atom. The molecule has 2 aliphatic rings. The summed E-state index contributed by atoms with van der Waals surface area (Å²) in [5.41, 5.74) is -0.330. The smallest absolute Gasteiger partial charge is 0.0700 e. The fraction of sp³-hybridized carbons (Fsp3) is 1.00. The average molecular weight is 253 g/mol. The van der Waals surface area contributed by atoms with Gasteiger partial charge in [-0.25, -0.2) is 0 Å². The first-order chi connectivity index (χ1) is 8.68. The van der Waals surface area contributed by atoms with Gasteiger partial charge in [-0.3, -0.25) is 0 Å². The van der Waals surface area contributed by atoms with Crippen molar-refractivity contribution in [3.8, 4) is 0 Å². The minimum atomic E-state index is -0.330.